The highest BCUT2D eigenvalue weighted by Gasteiger charge is 2.24. The molecule has 0 atom stereocenters. The van der Waals surface area contributed by atoms with Crippen molar-refractivity contribution >= 4 is 17.6 Å². The molecule has 4 aromatic rings. The lowest BCUT2D eigenvalue weighted by Gasteiger charge is -2.12. The van der Waals surface area contributed by atoms with Crippen LogP contribution in [0, 0.1) is 0 Å². The Labute approximate surface area is 168 Å². The Morgan fingerprint density at radius 3 is 2.04 bits per heavy atom. The van der Waals surface area contributed by atoms with Gasteiger partial charge in [0.05, 0.1) is 5.02 Å². The lowest BCUT2D eigenvalue weighted by Crippen LogP contribution is -2.18. The van der Waals surface area contributed by atoms with Crippen molar-refractivity contribution in [2.24, 2.45) is 0 Å². The number of hydrogen-bond acceptors (Lipinski definition) is 3. The quantitative estimate of drug-likeness (QED) is 0.462. The van der Waals surface area contributed by atoms with Gasteiger partial charge >= 0.3 is 5.97 Å². The number of halogens is 1. The minimum Gasteiger partial charge on any atom is -0.335 e. The monoisotopic (exact) mass is 388 g/mol. The van der Waals surface area contributed by atoms with Gasteiger partial charge in [0.1, 0.15) is 11.4 Å². The topological polar surface area (TPSA) is 44.1 Å². The van der Waals surface area contributed by atoms with E-state index in [2.05, 4.69) is 0 Å². The molecule has 138 valence electrons. The molecule has 0 bridgehead atoms. The third-order valence-corrected chi connectivity index (χ3v) is 4.60. The Kier molecular flexibility index (Phi) is 4.96. The highest BCUT2D eigenvalue weighted by molar-refractivity contribution is 6.33. The van der Waals surface area contributed by atoms with Gasteiger partial charge in [-0.25, -0.2) is 9.78 Å². The summed E-state index contributed by atoms with van der Waals surface area (Å²) < 4.78 is 1.47. The smallest absolute Gasteiger partial charge is 0.329 e. The van der Waals surface area contributed by atoms with E-state index < -0.39 is 5.97 Å². The number of imidazole rings is 1. The van der Waals surface area contributed by atoms with Gasteiger partial charge in [-0.1, -0.05) is 84.4 Å². The van der Waals surface area contributed by atoms with Gasteiger partial charge in [-0.15, -0.1) is 0 Å². The fourth-order valence-corrected chi connectivity index (χ4v) is 3.30. The zero-order valence-electron chi connectivity index (χ0n) is 15.2. The molecule has 0 unspecified atom stereocenters. The van der Waals surface area contributed by atoms with Crippen LogP contribution in [-0.4, -0.2) is 15.7 Å². The first-order valence-corrected chi connectivity index (χ1v) is 9.20. The van der Waals surface area contributed by atoms with Crippen LogP contribution in [0.25, 0.3) is 33.9 Å². The molecule has 5 heteroatoms. The van der Waals surface area contributed by atoms with Gasteiger partial charge in [-0.3, -0.25) is 0 Å². The Balaban J connectivity index is 2.06. The Hall–Kier alpha value is -3.37. The average Bonchev–Trinajstić information content (AvgIpc) is 3.08. The van der Waals surface area contributed by atoms with E-state index in [9.17, 15) is 4.79 Å². The van der Waals surface area contributed by atoms with Crippen molar-refractivity contribution in [3.63, 3.8) is 0 Å². The largest absolute Gasteiger partial charge is 0.335 e. The van der Waals surface area contributed by atoms with E-state index in [-0.39, 0.29) is 0 Å². The molecule has 4 rings (SSSR count). The van der Waals surface area contributed by atoms with Crippen LogP contribution in [0.2, 0.25) is 5.02 Å². The summed E-state index contributed by atoms with van der Waals surface area (Å²) in [6.07, 6.45) is 0. The van der Waals surface area contributed by atoms with Crippen molar-refractivity contribution in [3.05, 3.63) is 90.0 Å². The molecule has 0 spiro atoms. The molecule has 0 aliphatic heterocycles. The second-order valence-electron chi connectivity index (χ2n) is 6.22. The first kappa shape index (κ1) is 18.0. The molecule has 0 N–H and O–H groups in total. The van der Waals surface area contributed by atoms with Gasteiger partial charge in [0, 0.05) is 23.6 Å². The summed E-state index contributed by atoms with van der Waals surface area (Å²) in [7, 11) is 0. The van der Waals surface area contributed by atoms with E-state index in [0.717, 1.165) is 11.1 Å². The fourth-order valence-electron chi connectivity index (χ4n) is 3.08. The molecule has 0 aliphatic carbocycles. The number of nitrogens with zero attached hydrogens (tertiary/aromatic N) is 2. The minimum absolute atomic E-state index is 0.442. The summed E-state index contributed by atoms with van der Waals surface area (Å²) in [4.78, 5) is 22.3. The lowest BCUT2D eigenvalue weighted by molar-refractivity contribution is -0.141. The maximum Gasteiger partial charge on any atom is 0.329 e. The summed E-state index contributed by atoms with van der Waals surface area (Å²) in [5.74, 6) is 0.0287. The summed E-state index contributed by atoms with van der Waals surface area (Å²) in [6.45, 7) is 1.37. The number of aromatic nitrogens is 2. The Morgan fingerprint density at radius 2 is 1.43 bits per heavy atom. The van der Waals surface area contributed by atoms with Crippen molar-refractivity contribution in [1.82, 2.24) is 9.71 Å². The van der Waals surface area contributed by atoms with Crippen LogP contribution in [0.3, 0.4) is 0 Å². The first-order valence-electron chi connectivity index (χ1n) is 8.82. The summed E-state index contributed by atoms with van der Waals surface area (Å²) >= 11 is 6.43. The third kappa shape index (κ3) is 3.42. The van der Waals surface area contributed by atoms with Crippen LogP contribution in [0.15, 0.2) is 84.9 Å². The predicted octanol–water partition coefficient (Wildman–Crippen LogP) is 5.51. The van der Waals surface area contributed by atoms with E-state index >= 15 is 0 Å². The molecule has 0 aliphatic rings. The Bertz CT molecular complexity index is 1120. The number of carbonyl (C=O) groups excluding carboxylic acids is 1. The van der Waals surface area contributed by atoms with E-state index in [1.54, 1.807) is 6.07 Å². The zero-order chi connectivity index (χ0) is 19.5. The van der Waals surface area contributed by atoms with Gasteiger partial charge in [-0.05, 0) is 12.1 Å². The van der Waals surface area contributed by atoms with Gasteiger partial charge in [0.25, 0.3) is 0 Å². The van der Waals surface area contributed by atoms with Crippen LogP contribution in [0.4, 0.5) is 0 Å². The fraction of sp³-hybridized carbons (Fsp3) is 0.0435. The number of benzene rings is 3. The van der Waals surface area contributed by atoms with Gasteiger partial charge < -0.3 is 4.84 Å². The first-order chi connectivity index (χ1) is 13.6. The molecule has 0 radical (unpaired) electrons. The van der Waals surface area contributed by atoms with Crippen LogP contribution in [-0.2, 0) is 4.79 Å². The van der Waals surface area contributed by atoms with Gasteiger partial charge in [-0.2, -0.15) is 4.73 Å². The standard InChI is InChI=1S/C23H17ClN2O2/c1-16(27)28-26-22(18-12-6-3-7-13-18)21(17-10-4-2-5-11-17)25-23(26)19-14-8-9-15-20(19)24/h2-15H,1H3. The van der Waals surface area contributed by atoms with Gasteiger partial charge in [0.15, 0.2) is 5.82 Å². The molecule has 28 heavy (non-hydrogen) atoms. The summed E-state index contributed by atoms with van der Waals surface area (Å²) in [5, 5.41) is 0.528. The Morgan fingerprint density at radius 1 is 0.857 bits per heavy atom. The van der Waals surface area contributed by atoms with Crippen molar-refractivity contribution in [1.29, 1.82) is 0 Å². The molecule has 1 aromatic heterocycles. The molecule has 3 aromatic carbocycles. The van der Waals surface area contributed by atoms with E-state index in [1.165, 1.54) is 11.7 Å². The summed E-state index contributed by atoms with van der Waals surface area (Å²) in [6, 6.07) is 26.9. The number of hydrogen-bond donors (Lipinski definition) is 0. The molecule has 1 heterocycles. The highest BCUT2D eigenvalue weighted by atomic mass is 35.5. The molecule has 0 saturated carbocycles. The van der Waals surface area contributed by atoms with E-state index in [4.69, 9.17) is 21.4 Å². The number of rotatable bonds is 4. The van der Waals surface area contributed by atoms with Gasteiger partial charge in [0.2, 0.25) is 0 Å². The van der Waals surface area contributed by atoms with Crippen molar-refractivity contribution < 1.29 is 9.63 Å². The maximum atomic E-state index is 11.9. The van der Waals surface area contributed by atoms with Crippen LogP contribution in [0.1, 0.15) is 6.92 Å². The van der Waals surface area contributed by atoms with Crippen LogP contribution in [0.5, 0.6) is 0 Å². The van der Waals surface area contributed by atoms with E-state index in [0.29, 0.717) is 27.8 Å². The van der Waals surface area contributed by atoms with Crippen molar-refractivity contribution in [3.8, 4) is 33.9 Å². The highest BCUT2D eigenvalue weighted by Crippen LogP contribution is 2.37. The lowest BCUT2D eigenvalue weighted by atomic mass is 10.1. The number of carbonyl (C=O) groups is 1. The third-order valence-electron chi connectivity index (χ3n) is 4.27. The van der Waals surface area contributed by atoms with E-state index in [1.807, 2.05) is 78.9 Å². The molecular weight excluding hydrogens is 372 g/mol. The van der Waals surface area contributed by atoms with Crippen LogP contribution >= 0.6 is 11.6 Å². The normalized spacial score (nSPS) is 10.6. The second-order valence-corrected chi connectivity index (χ2v) is 6.63. The average molecular weight is 389 g/mol. The predicted molar refractivity (Wildman–Crippen MR) is 111 cm³/mol. The molecular formula is C23H17ClN2O2. The molecule has 4 nitrogen and oxygen atoms in total. The maximum absolute atomic E-state index is 11.9. The summed E-state index contributed by atoms with van der Waals surface area (Å²) in [5.41, 5.74) is 3.89. The van der Waals surface area contributed by atoms with Crippen molar-refractivity contribution in [2.45, 2.75) is 6.92 Å². The molecule has 0 saturated heterocycles. The SMILES string of the molecule is CC(=O)On1c(-c2ccccc2Cl)nc(-c2ccccc2)c1-c1ccccc1. The van der Waals surface area contributed by atoms with Crippen molar-refractivity contribution in [2.75, 3.05) is 0 Å². The minimum atomic E-state index is -0.442. The second kappa shape index (κ2) is 7.71. The molecule has 0 fully saturated rings. The zero-order valence-corrected chi connectivity index (χ0v) is 15.9. The molecule has 0 amide bonds. The van der Waals surface area contributed by atoms with Crippen LogP contribution < -0.4 is 4.84 Å².